The molecule has 0 unspecified atom stereocenters. The second-order valence-electron chi connectivity index (χ2n) is 7.11. The van der Waals surface area contributed by atoms with E-state index in [4.69, 9.17) is 4.42 Å². The Hall–Kier alpha value is -2.34. The van der Waals surface area contributed by atoms with Crippen LogP contribution in [0, 0.1) is 6.92 Å². The second-order valence-corrected chi connectivity index (χ2v) is 18.7. The van der Waals surface area contributed by atoms with Crippen molar-refractivity contribution in [1.29, 1.82) is 0 Å². The molecule has 0 spiro atoms. The summed E-state index contributed by atoms with van der Waals surface area (Å²) in [5.74, 6) is 1.31. The molecule has 2 aromatic carbocycles. The van der Waals surface area contributed by atoms with E-state index >= 15 is 0 Å². The molecule has 5 nitrogen and oxygen atoms in total. The molecule has 31 heavy (non-hydrogen) atoms. The predicted octanol–water partition coefficient (Wildman–Crippen LogP) is 3.82. The van der Waals surface area contributed by atoms with E-state index in [9.17, 15) is 19.8 Å². The fourth-order valence-corrected chi connectivity index (χ4v) is 18.6. The number of hydrogen-bond donors (Lipinski definition) is 1. The van der Waals surface area contributed by atoms with Crippen molar-refractivity contribution in [3.05, 3.63) is 69.9 Å². The number of carbonyl (C=O) groups is 1. The summed E-state index contributed by atoms with van der Waals surface area (Å²) in [6.45, 7) is 1.70. The fourth-order valence-electron chi connectivity index (χ4n) is 3.86. The number of carboxylic acid groups (broad SMARTS) is 1. The number of benzene rings is 3. The Balaban J connectivity index is 1.97. The van der Waals surface area contributed by atoms with Gasteiger partial charge in [-0.15, -0.1) is 0 Å². The molecule has 3 aliphatic rings. The normalized spacial score (nSPS) is 14.5. The molecule has 1 fully saturated rings. The molecule has 0 saturated carbocycles. The summed E-state index contributed by atoms with van der Waals surface area (Å²) in [4.78, 5) is 24.9. The van der Waals surface area contributed by atoms with Crippen LogP contribution in [0.25, 0.3) is 33.4 Å². The minimum atomic E-state index is -1.73. The number of carboxylic acids is 1. The zero-order chi connectivity index (χ0) is 21.7. The third-order valence-corrected chi connectivity index (χ3v) is 18.9. The van der Waals surface area contributed by atoms with Crippen LogP contribution in [0.2, 0.25) is 0 Å². The van der Waals surface area contributed by atoms with E-state index in [1.165, 1.54) is 6.07 Å². The van der Waals surface area contributed by atoms with Gasteiger partial charge in [-0.3, -0.25) is 0 Å². The standard InChI is InChI=1S/C23H17AsO5S2/c1-12-17(25)8-6-15-19(13-4-2-3-5-14(13)23(27)28)16-7-9-18(26)20(22(16)29-21(12)15)24-30-10-11-31-24/h2-9,25H,10-11H2,1H3,(H,27,28)/p-1. The van der Waals surface area contributed by atoms with Gasteiger partial charge >= 0.3 is 190 Å². The van der Waals surface area contributed by atoms with Gasteiger partial charge in [0.25, 0.3) is 0 Å². The molecule has 2 aromatic rings. The minimum absolute atomic E-state index is 0.0501. The Morgan fingerprint density at radius 1 is 1.06 bits per heavy atom. The van der Waals surface area contributed by atoms with Crippen LogP contribution < -0.4 is 14.9 Å². The molecule has 5 rings (SSSR count). The molecule has 0 aromatic heterocycles. The molecule has 0 radical (unpaired) electrons. The summed E-state index contributed by atoms with van der Waals surface area (Å²) < 4.78 is 7.02. The molecule has 1 saturated heterocycles. The van der Waals surface area contributed by atoms with Crippen LogP contribution in [0.3, 0.4) is 0 Å². The zero-order valence-electron chi connectivity index (χ0n) is 16.4. The molecule has 1 aliphatic carbocycles. The molecule has 0 amide bonds. The van der Waals surface area contributed by atoms with E-state index in [1.54, 1.807) is 49.4 Å². The first-order chi connectivity index (χ1) is 15.0. The van der Waals surface area contributed by atoms with Crippen LogP contribution in [0.1, 0.15) is 15.9 Å². The molecular weight excluding hydrogens is 495 g/mol. The van der Waals surface area contributed by atoms with E-state index in [0.29, 0.717) is 43.3 Å². The Morgan fingerprint density at radius 2 is 1.81 bits per heavy atom. The Bertz CT molecular complexity index is 1370. The van der Waals surface area contributed by atoms with Crippen LogP contribution in [-0.4, -0.2) is 34.9 Å². The van der Waals surface area contributed by atoms with Gasteiger partial charge in [-0.25, -0.2) is 0 Å². The topological polar surface area (TPSA) is 90.6 Å². The summed E-state index contributed by atoms with van der Waals surface area (Å²) >= 11 is -1.73. The number of hydrogen-bond acceptors (Lipinski definition) is 6. The van der Waals surface area contributed by atoms with E-state index in [2.05, 4.69) is 0 Å². The third kappa shape index (κ3) is 3.36. The third-order valence-electron chi connectivity index (χ3n) is 5.30. The fraction of sp³-hybridized carbons (Fsp3) is 0.130. The quantitative estimate of drug-likeness (QED) is 0.330. The maximum atomic E-state index is 12.9. The van der Waals surface area contributed by atoms with Gasteiger partial charge in [-0.1, -0.05) is 0 Å². The molecule has 156 valence electrons. The van der Waals surface area contributed by atoms with Crippen molar-refractivity contribution in [2.45, 2.75) is 6.92 Å². The molecule has 0 bridgehead atoms. The monoisotopic (exact) mass is 511 g/mol. The number of fused-ring (bicyclic) bond motifs is 2. The van der Waals surface area contributed by atoms with Gasteiger partial charge < -0.3 is 0 Å². The predicted molar refractivity (Wildman–Crippen MR) is 126 cm³/mol. The molecule has 1 N–H and O–H groups in total. The van der Waals surface area contributed by atoms with Crippen molar-refractivity contribution in [1.82, 2.24) is 0 Å². The van der Waals surface area contributed by atoms with Gasteiger partial charge in [0, 0.05) is 0 Å². The van der Waals surface area contributed by atoms with E-state index in [0.717, 1.165) is 11.5 Å². The zero-order valence-corrected chi connectivity index (χ0v) is 19.9. The molecular formula is C23H16AsO5S2-. The summed E-state index contributed by atoms with van der Waals surface area (Å²) in [6, 6.07) is 13.3. The average Bonchev–Trinajstić information content (AvgIpc) is 3.29. The Labute approximate surface area is 189 Å². The van der Waals surface area contributed by atoms with Gasteiger partial charge in [-0.05, 0) is 0 Å². The summed E-state index contributed by atoms with van der Waals surface area (Å²) in [6.07, 6.45) is 0. The van der Waals surface area contributed by atoms with Crippen molar-refractivity contribution >= 4 is 53.7 Å². The molecule has 0 atom stereocenters. The van der Waals surface area contributed by atoms with Crippen molar-refractivity contribution in [2.24, 2.45) is 0 Å². The summed E-state index contributed by atoms with van der Waals surface area (Å²) in [5.41, 5.74) is 2.90. The van der Waals surface area contributed by atoms with E-state index in [1.807, 2.05) is 20.0 Å². The van der Waals surface area contributed by atoms with Crippen LogP contribution in [0.5, 0.6) is 5.75 Å². The summed E-state index contributed by atoms with van der Waals surface area (Å²) in [7, 11) is 3.68. The Kier molecular flexibility index (Phi) is 5.29. The molecule has 2 aliphatic heterocycles. The van der Waals surface area contributed by atoms with Crippen LogP contribution in [0.4, 0.5) is 0 Å². The molecule has 8 heteroatoms. The van der Waals surface area contributed by atoms with Gasteiger partial charge in [0.05, 0.1) is 0 Å². The number of rotatable bonds is 3. The van der Waals surface area contributed by atoms with E-state index in [-0.39, 0.29) is 16.7 Å². The van der Waals surface area contributed by atoms with Crippen molar-refractivity contribution in [2.75, 3.05) is 11.5 Å². The van der Waals surface area contributed by atoms with E-state index < -0.39 is 18.3 Å². The first kappa shape index (κ1) is 20.6. The van der Waals surface area contributed by atoms with Crippen LogP contribution >= 0.6 is 20.0 Å². The van der Waals surface area contributed by atoms with Gasteiger partial charge in [0.2, 0.25) is 0 Å². The Morgan fingerprint density at radius 3 is 2.55 bits per heavy atom. The van der Waals surface area contributed by atoms with Crippen molar-refractivity contribution in [3.63, 3.8) is 0 Å². The average molecular weight is 511 g/mol. The number of aromatic carboxylic acids is 1. The second kappa shape index (κ2) is 7.97. The van der Waals surface area contributed by atoms with Crippen molar-refractivity contribution < 1.29 is 19.4 Å². The summed E-state index contributed by atoms with van der Waals surface area (Å²) in [5, 5.41) is 22.9. The van der Waals surface area contributed by atoms with Crippen LogP contribution in [-0.2, 0) is 0 Å². The first-order valence-corrected chi connectivity index (χ1v) is 17.0. The van der Waals surface area contributed by atoms with Gasteiger partial charge in [-0.2, -0.15) is 0 Å². The maximum absolute atomic E-state index is 12.9. The van der Waals surface area contributed by atoms with Gasteiger partial charge in [0.1, 0.15) is 0 Å². The van der Waals surface area contributed by atoms with Gasteiger partial charge in [0.15, 0.2) is 0 Å². The van der Waals surface area contributed by atoms with Crippen molar-refractivity contribution in [3.8, 4) is 28.2 Å². The molecule has 2 heterocycles. The number of aryl methyl sites for hydroxylation is 1. The van der Waals surface area contributed by atoms with Crippen LogP contribution in [0.15, 0.2) is 57.7 Å². The first-order valence-electron chi connectivity index (χ1n) is 9.56. The SMILES string of the molecule is Cc1c([O-])ccc2c(-c3ccccc3C(=O)O)c3ccc(=O)c([As]4SCCS4)c-3oc12.